The van der Waals surface area contributed by atoms with Crippen LogP contribution in [0.25, 0.3) is 0 Å². The van der Waals surface area contributed by atoms with Gasteiger partial charge >= 0.3 is 0 Å². The van der Waals surface area contributed by atoms with Crippen LogP contribution in [-0.4, -0.2) is 39.5 Å². The molecular weight excluding hydrogens is 408 g/mol. The number of nitrogen functional groups attached to an aromatic ring is 1. The van der Waals surface area contributed by atoms with Crippen molar-refractivity contribution >= 4 is 27.1 Å². The number of hydrogen-bond acceptors (Lipinski definition) is 5. The van der Waals surface area contributed by atoms with Crippen LogP contribution in [-0.2, 0) is 16.6 Å². The summed E-state index contributed by atoms with van der Waals surface area (Å²) in [6.07, 6.45) is 1.04. The number of hydrogen-bond donors (Lipinski definition) is 2. The van der Waals surface area contributed by atoms with Crippen LogP contribution in [0, 0.1) is 0 Å². The van der Waals surface area contributed by atoms with Gasteiger partial charge in [-0.3, -0.25) is 9.21 Å². The van der Waals surface area contributed by atoms with Gasteiger partial charge in [-0.1, -0.05) is 48.5 Å². The molecule has 4 rings (SSSR count). The molecule has 1 aliphatic rings. The van der Waals surface area contributed by atoms with Gasteiger partial charge in [0.1, 0.15) is 0 Å². The van der Waals surface area contributed by atoms with E-state index >= 15 is 0 Å². The van der Waals surface area contributed by atoms with Crippen molar-refractivity contribution in [2.24, 2.45) is 0 Å². The van der Waals surface area contributed by atoms with Gasteiger partial charge in [0.25, 0.3) is 10.0 Å². The molecule has 1 saturated heterocycles. The first-order valence-electron chi connectivity index (χ1n) is 10.4. The van der Waals surface area contributed by atoms with E-state index in [0.29, 0.717) is 17.4 Å². The molecule has 0 saturated carbocycles. The lowest BCUT2D eigenvalue weighted by Crippen LogP contribution is -2.27. The van der Waals surface area contributed by atoms with E-state index in [1.165, 1.54) is 9.87 Å². The lowest BCUT2D eigenvalue weighted by atomic mass is 10.2. The Labute approximate surface area is 184 Å². The molecular formula is C24H28N4O2S. The predicted octanol–water partition coefficient (Wildman–Crippen LogP) is 3.78. The minimum Gasteiger partial charge on any atom is -0.397 e. The van der Waals surface area contributed by atoms with Crippen molar-refractivity contribution in [3.8, 4) is 0 Å². The molecule has 0 aliphatic carbocycles. The van der Waals surface area contributed by atoms with Crippen LogP contribution >= 0.6 is 0 Å². The summed E-state index contributed by atoms with van der Waals surface area (Å²) in [4.78, 5) is 2.68. The lowest BCUT2D eigenvalue weighted by molar-refractivity contribution is 0.328. The van der Waals surface area contributed by atoms with E-state index in [4.69, 9.17) is 5.73 Å². The Morgan fingerprint density at radius 2 is 1.71 bits per heavy atom. The summed E-state index contributed by atoms with van der Waals surface area (Å²) in [5.41, 5.74) is 9.50. The van der Waals surface area contributed by atoms with Crippen LogP contribution in [0.5, 0.6) is 0 Å². The van der Waals surface area contributed by atoms with E-state index < -0.39 is 10.0 Å². The van der Waals surface area contributed by atoms with Crippen molar-refractivity contribution < 1.29 is 8.42 Å². The normalized spacial score (nSPS) is 16.9. The van der Waals surface area contributed by atoms with Gasteiger partial charge in [0, 0.05) is 32.7 Å². The molecule has 0 bridgehead atoms. The predicted molar refractivity (Wildman–Crippen MR) is 127 cm³/mol. The number of nitrogens with one attached hydrogen (secondary N) is 1. The maximum absolute atomic E-state index is 12.9. The summed E-state index contributed by atoms with van der Waals surface area (Å²) in [5, 5.41) is 3.53. The Balaban J connectivity index is 1.41. The molecule has 162 valence electrons. The average molecular weight is 437 g/mol. The minimum absolute atomic E-state index is 0.253. The highest BCUT2D eigenvalue weighted by molar-refractivity contribution is 7.92. The van der Waals surface area contributed by atoms with Crippen LogP contribution < -0.4 is 15.4 Å². The molecule has 3 aromatic carbocycles. The first kappa shape index (κ1) is 21.2. The van der Waals surface area contributed by atoms with E-state index in [-0.39, 0.29) is 4.90 Å². The summed E-state index contributed by atoms with van der Waals surface area (Å²) in [7, 11) is -2.09. The molecule has 31 heavy (non-hydrogen) atoms. The number of benzene rings is 3. The smallest absolute Gasteiger partial charge is 0.264 e. The Morgan fingerprint density at radius 3 is 2.39 bits per heavy atom. The zero-order valence-corrected chi connectivity index (χ0v) is 18.4. The monoisotopic (exact) mass is 436 g/mol. The molecule has 1 atom stereocenters. The summed E-state index contributed by atoms with van der Waals surface area (Å²) in [6, 6.07) is 24.5. The van der Waals surface area contributed by atoms with E-state index in [1.807, 2.05) is 12.1 Å². The topological polar surface area (TPSA) is 78.7 Å². The van der Waals surface area contributed by atoms with Crippen molar-refractivity contribution in [1.29, 1.82) is 0 Å². The maximum Gasteiger partial charge on any atom is 0.264 e. The van der Waals surface area contributed by atoms with E-state index in [0.717, 1.165) is 31.7 Å². The number of likely N-dealkylation sites (tertiary alicyclic amines) is 1. The number of rotatable bonds is 7. The van der Waals surface area contributed by atoms with Gasteiger partial charge in [0.05, 0.1) is 22.0 Å². The van der Waals surface area contributed by atoms with Gasteiger partial charge in [-0.05, 0) is 42.3 Å². The first-order valence-corrected chi connectivity index (χ1v) is 11.8. The van der Waals surface area contributed by atoms with Crippen molar-refractivity contribution in [2.75, 3.05) is 35.5 Å². The number of anilines is 3. The van der Waals surface area contributed by atoms with Crippen LogP contribution in [0.15, 0.2) is 83.8 Å². The Morgan fingerprint density at radius 1 is 1.03 bits per heavy atom. The molecule has 0 radical (unpaired) electrons. The fraction of sp³-hybridized carbons (Fsp3) is 0.250. The second kappa shape index (κ2) is 8.99. The molecule has 0 aromatic heterocycles. The summed E-state index contributed by atoms with van der Waals surface area (Å²) >= 11 is 0. The third kappa shape index (κ3) is 4.84. The van der Waals surface area contributed by atoms with Gasteiger partial charge in [-0.25, -0.2) is 8.42 Å². The zero-order valence-electron chi connectivity index (χ0n) is 17.6. The Hall–Kier alpha value is -3.03. The van der Waals surface area contributed by atoms with E-state index in [9.17, 15) is 8.42 Å². The molecule has 0 amide bonds. The van der Waals surface area contributed by atoms with Gasteiger partial charge in [0.2, 0.25) is 0 Å². The van der Waals surface area contributed by atoms with Gasteiger partial charge < -0.3 is 11.1 Å². The summed E-state index contributed by atoms with van der Waals surface area (Å²) < 4.78 is 27.0. The van der Waals surface area contributed by atoms with Crippen LogP contribution in [0.1, 0.15) is 12.0 Å². The number of sulfonamides is 1. The van der Waals surface area contributed by atoms with Crippen molar-refractivity contribution in [3.63, 3.8) is 0 Å². The maximum atomic E-state index is 12.9. The third-order valence-electron chi connectivity index (χ3n) is 5.68. The fourth-order valence-corrected chi connectivity index (χ4v) is 5.13. The second-order valence-corrected chi connectivity index (χ2v) is 9.88. The molecule has 3 N–H and O–H groups in total. The highest BCUT2D eigenvalue weighted by Gasteiger charge is 2.24. The Bertz CT molecular complexity index is 1120. The number of nitrogens with two attached hydrogens (primary N) is 1. The molecule has 1 fully saturated rings. The SMILES string of the molecule is CN(c1ccc(NC2CCN(Cc3ccccc3)C2)c(N)c1)S(=O)(=O)c1ccccc1. The Kier molecular flexibility index (Phi) is 6.15. The standard InChI is InChI=1S/C24H28N4O2S/c1-27(31(29,30)22-10-6-3-7-11-22)21-12-13-24(23(25)16-21)26-20-14-15-28(18-20)17-19-8-4-2-5-9-19/h2-13,16,20,26H,14-15,17-18,25H2,1H3. The second-order valence-electron chi connectivity index (χ2n) is 7.91. The van der Waals surface area contributed by atoms with Crippen molar-refractivity contribution in [3.05, 3.63) is 84.4 Å². The van der Waals surface area contributed by atoms with Crippen LogP contribution in [0.2, 0.25) is 0 Å². The van der Waals surface area contributed by atoms with Gasteiger partial charge in [-0.2, -0.15) is 0 Å². The van der Waals surface area contributed by atoms with E-state index in [1.54, 1.807) is 49.5 Å². The van der Waals surface area contributed by atoms with Crippen LogP contribution in [0.4, 0.5) is 17.1 Å². The van der Waals surface area contributed by atoms with Crippen molar-refractivity contribution in [2.45, 2.75) is 23.9 Å². The summed E-state index contributed by atoms with van der Waals surface area (Å²) in [5.74, 6) is 0. The zero-order chi connectivity index (χ0) is 21.8. The fourth-order valence-electron chi connectivity index (χ4n) is 3.92. The first-order chi connectivity index (χ1) is 14.9. The molecule has 1 heterocycles. The third-order valence-corrected chi connectivity index (χ3v) is 7.48. The molecule has 6 nitrogen and oxygen atoms in total. The highest BCUT2D eigenvalue weighted by atomic mass is 32.2. The van der Waals surface area contributed by atoms with E-state index in [2.05, 4.69) is 34.5 Å². The molecule has 1 unspecified atom stereocenters. The summed E-state index contributed by atoms with van der Waals surface area (Å²) in [6.45, 7) is 2.91. The molecule has 7 heteroatoms. The van der Waals surface area contributed by atoms with Gasteiger partial charge in [0.15, 0.2) is 0 Å². The quantitative estimate of drug-likeness (QED) is 0.551. The van der Waals surface area contributed by atoms with Crippen molar-refractivity contribution in [1.82, 2.24) is 4.90 Å². The average Bonchev–Trinajstić information content (AvgIpc) is 3.22. The highest BCUT2D eigenvalue weighted by Crippen LogP contribution is 2.29. The van der Waals surface area contributed by atoms with Crippen LogP contribution in [0.3, 0.4) is 0 Å². The minimum atomic E-state index is -3.63. The largest absolute Gasteiger partial charge is 0.397 e. The lowest BCUT2D eigenvalue weighted by Gasteiger charge is -2.22. The van der Waals surface area contributed by atoms with Gasteiger partial charge in [-0.15, -0.1) is 0 Å². The number of nitrogens with zero attached hydrogens (tertiary/aromatic N) is 2. The molecule has 3 aromatic rings. The molecule has 0 spiro atoms. The molecule has 1 aliphatic heterocycles.